The van der Waals surface area contributed by atoms with Gasteiger partial charge < -0.3 is 5.32 Å². The van der Waals surface area contributed by atoms with Crippen molar-refractivity contribution < 1.29 is 0 Å². The lowest BCUT2D eigenvalue weighted by molar-refractivity contribution is 0.312. The van der Waals surface area contributed by atoms with Crippen LogP contribution in [0.2, 0.25) is 0 Å². The number of piperidine rings is 1. The minimum Gasteiger partial charge on any atom is -0.312 e. The zero-order valence-electron chi connectivity index (χ0n) is 11.6. The summed E-state index contributed by atoms with van der Waals surface area (Å²) in [6.07, 6.45) is 2.78. The number of benzene rings is 1. The molecule has 3 rings (SSSR count). The first-order valence-corrected chi connectivity index (χ1v) is 7.24. The summed E-state index contributed by atoms with van der Waals surface area (Å²) in [6, 6.07) is 7.65. The summed E-state index contributed by atoms with van der Waals surface area (Å²) < 4.78 is 0. The molecule has 1 N–H and O–H groups in total. The second-order valence-electron chi connectivity index (χ2n) is 6.08. The second kappa shape index (κ2) is 5.02. The van der Waals surface area contributed by atoms with E-state index in [0.29, 0.717) is 0 Å². The Morgan fingerprint density at radius 1 is 1.22 bits per heavy atom. The Hall–Kier alpha value is -0.860. The van der Waals surface area contributed by atoms with E-state index in [0.717, 1.165) is 18.5 Å². The standard InChI is InChI=1S/C16H24N2/c1-12-5-6-14(8-13(12)2)9-18-10-15-4-3-7-17-16(15)11-18/h5-6,8,15-17H,3-4,7,9-11H2,1-2H3. The predicted molar refractivity (Wildman–Crippen MR) is 75.7 cm³/mol. The van der Waals surface area contributed by atoms with E-state index in [4.69, 9.17) is 0 Å². The fourth-order valence-corrected chi connectivity index (χ4v) is 3.43. The summed E-state index contributed by atoms with van der Waals surface area (Å²) in [5, 5.41) is 3.68. The van der Waals surface area contributed by atoms with Crippen molar-refractivity contribution in [2.24, 2.45) is 5.92 Å². The van der Waals surface area contributed by atoms with Crippen LogP contribution in [0.5, 0.6) is 0 Å². The van der Waals surface area contributed by atoms with E-state index in [2.05, 4.69) is 42.3 Å². The van der Waals surface area contributed by atoms with Gasteiger partial charge in [0.1, 0.15) is 0 Å². The van der Waals surface area contributed by atoms with Gasteiger partial charge >= 0.3 is 0 Å². The van der Waals surface area contributed by atoms with Gasteiger partial charge in [0.25, 0.3) is 0 Å². The van der Waals surface area contributed by atoms with Crippen LogP contribution >= 0.6 is 0 Å². The van der Waals surface area contributed by atoms with Gasteiger partial charge in [-0.3, -0.25) is 4.90 Å². The van der Waals surface area contributed by atoms with Crippen LogP contribution in [0.25, 0.3) is 0 Å². The van der Waals surface area contributed by atoms with Crippen LogP contribution in [-0.2, 0) is 6.54 Å². The number of likely N-dealkylation sites (tertiary alicyclic amines) is 1. The number of hydrogen-bond acceptors (Lipinski definition) is 2. The van der Waals surface area contributed by atoms with E-state index in [1.54, 1.807) is 0 Å². The lowest BCUT2D eigenvalue weighted by Crippen LogP contribution is -2.40. The summed E-state index contributed by atoms with van der Waals surface area (Å²) in [4.78, 5) is 2.62. The van der Waals surface area contributed by atoms with Crippen molar-refractivity contribution in [3.8, 4) is 0 Å². The summed E-state index contributed by atoms with van der Waals surface area (Å²) in [7, 11) is 0. The topological polar surface area (TPSA) is 15.3 Å². The molecule has 2 fully saturated rings. The van der Waals surface area contributed by atoms with Crippen LogP contribution in [0.3, 0.4) is 0 Å². The average Bonchev–Trinajstić information content (AvgIpc) is 2.76. The largest absolute Gasteiger partial charge is 0.312 e. The van der Waals surface area contributed by atoms with Crippen molar-refractivity contribution in [3.63, 3.8) is 0 Å². The zero-order chi connectivity index (χ0) is 12.5. The molecule has 0 radical (unpaired) electrons. The molecule has 2 aliphatic rings. The van der Waals surface area contributed by atoms with Gasteiger partial charge in [0.05, 0.1) is 0 Å². The highest BCUT2D eigenvalue weighted by Gasteiger charge is 2.33. The van der Waals surface area contributed by atoms with Crippen LogP contribution < -0.4 is 5.32 Å². The second-order valence-corrected chi connectivity index (χ2v) is 6.08. The number of hydrogen-bond donors (Lipinski definition) is 1. The number of rotatable bonds is 2. The molecule has 1 aromatic carbocycles. The maximum atomic E-state index is 3.68. The predicted octanol–water partition coefficient (Wildman–Crippen LogP) is 2.49. The average molecular weight is 244 g/mol. The van der Waals surface area contributed by atoms with E-state index >= 15 is 0 Å². The number of aryl methyl sites for hydroxylation is 2. The normalized spacial score (nSPS) is 28.3. The molecular weight excluding hydrogens is 220 g/mol. The number of nitrogens with zero attached hydrogens (tertiary/aromatic N) is 1. The van der Waals surface area contributed by atoms with Crippen molar-refractivity contribution in [2.45, 2.75) is 39.3 Å². The molecule has 0 spiro atoms. The molecule has 0 aromatic heterocycles. The van der Waals surface area contributed by atoms with Gasteiger partial charge in [0.15, 0.2) is 0 Å². The summed E-state index contributed by atoms with van der Waals surface area (Å²) in [6.45, 7) is 9.26. The van der Waals surface area contributed by atoms with E-state index < -0.39 is 0 Å². The van der Waals surface area contributed by atoms with E-state index in [1.165, 1.54) is 49.2 Å². The molecule has 2 unspecified atom stereocenters. The van der Waals surface area contributed by atoms with Crippen molar-refractivity contribution in [1.82, 2.24) is 10.2 Å². The van der Waals surface area contributed by atoms with Crippen molar-refractivity contribution in [3.05, 3.63) is 34.9 Å². The molecule has 2 heterocycles. The van der Waals surface area contributed by atoms with Crippen molar-refractivity contribution in [1.29, 1.82) is 0 Å². The van der Waals surface area contributed by atoms with Gasteiger partial charge in [0, 0.05) is 25.7 Å². The van der Waals surface area contributed by atoms with Gasteiger partial charge in [-0.15, -0.1) is 0 Å². The minimum atomic E-state index is 0.755. The van der Waals surface area contributed by atoms with Crippen LogP contribution in [0, 0.1) is 19.8 Å². The molecule has 0 bridgehead atoms. The smallest absolute Gasteiger partial charge is 0.0235 e. The van der Waals surface area contributed by atoms with Gasteiger partial charge in [-0.25, -0.2) is 0 Å². The van der Waals surface area contributed by atoms with Gasteiger partial charge in [-0.05, 0) is 55.8 Å². The van der Waals surface area contributed by atoms with Gasteiger partial charge in [-0.1, -0.05) is 18.2 Å². The Morgan fingerprint density at radius 3 is 2.89 bits per heavy atom. The van der Waals surface area contributed by atoms with Gasteiger partial charge in [0.2, 0.25) is 0 Å². The van der Waals surface area contributed by atoms with Gasteiger partial charge in [-0.2, -0.15) is 0 Å². The first-order chi connectivity index (χ1) is 8.72. The van der Waals surface area contributed by atoms with Crippen molar-refractivity contribution >= 4 is 0 Å². The molecule has 18 heavy (non-hydrogen) atoms. The molecule has 2 atom stereocenters. The molecule has 2 saturated heterocycles. The Balaban J connectivity index is 1.64. The quantitative estimate of drug-likeness (QED) is 0.860. The number of fused-ring (bicyclic) bond motifs is 1. The van der Waals surface area contributed by atoms with E-state index in [9.17, 15) is 0 Å². The third-order valence-electron chi connectivity index (χ3n) is 4.65. The highest BCUT2D eigenvalue weighted by atomic mass is 15.2. The number of nitrogens with one attached hydrogen (secondary N) is 1. The lowest BCUT2D eigenvalue weighted by atomic mass is 9.94. The molecule has 2 nitrogen and oxygen atoms in total. The lowest BCUT2D eigenvalue weighted by Gasteiger charge is -2.24. The molecule has 2 aliphatic heterocycles. The molecule has 98 valence electrons. The fourth-order valence-electron chi connectivity index (χ4n) is 3.43. The van der Waals surface area contributed by atoms with Crippen LogP contribution in [0.4, 0.5) is 0 Å². The monoisotopic (exact) mass is 244 g/mol. The minimum absolute atomic E-state index is 0.755. The maximum absolute atomic E-state index is 3.68. The highest BCUT2D eigenvalue weighted by molar-refractivity contribution is 5.29. The zero-order valence-corrected chi connectivity index (χ0v) is 11.6. The fraction of sp³-hybridized carbons (Fsp3) is 0.625. The van der Waals surface area contributed by atoms with Crippen LogP contribution in [0.15, 0.2) is 18.2 Å². The summed E-state index contributed by atoms with van der Waals surface area (Å²) in [5.41, 5.74) is 4.29. The first kappa shape index (κ1) is 12.2. The Kier molecular flexibility index (Phi) is 3.40. The maximum Gasteiger partial charge on any atom is 0.0235 e. The Bertz CT molecular complexity index is 413. The Morgan fingerprint density at radius 2 is 2.11 bits per heavy atom. The van der Waals surface area contributed by atoms with E-state index in [1.807, 2.05) is 0 Å². The molecule has 2 heteroatoms. The third kappa shape index (κ3) is 2.45. The highest BCUT2D eigenvalue weighted by Crippen LogP contribution is 2.26. The first-order valence-electron chi connectivity index (χ1n) is 7.24. The molecule has 0 aliphatic carbocycles. The molecule has 0 saturated carbocycles. The SMILES string of the molecule is Cc1ccc(CN2CC3CCCNC3C2)cc1C. The van der Waals surface area contributed by atoms with E-state index in [-0.39, 0.29) is 0 Å². The molecular formula is C16H24N2. The molecule has 1 aromatic rings. The van der Waals surface area contributed by atoms with Crippen LogP contribution in [0.1, 0.15) is 29.5 Å². The third-order valence-corrected chi connectivity index (χ3v) is 4.65. The molecule has 0 amide bonds. The van der Waals surface area contributed by atoms with Crippen molar-refractivity contribution in [2.75, 3.05) is 19.6 Å². The summed E-state index contributed by atoms with van der Waals surface area (Å²) in [5.74, 6) is 0.894. The van der Waals surface area contributed by atoms with Crippen LogP contribution in [-0.4, -0.2) is 30.6 Å². The summed E-state index contributed by atoms with van der Waals surface area (Å²) >= 11 is 0. The Labute approximate surface area is 110 Å².